The number of amides is 1. The van der Waals surface area contributed by atoms with Crippen LogP contribution in [-0.4, -0.2) is 33.7 Å². The summed E-state index contributed by atoms with van der Waals surface area (Å²) < 4.78 is 34.0. The number of ether oxygens (including phenoxy) is 1. The summed E-state index contributed by atoms with van der Waals surface area (Å²) in [5, 5.41) is 2.84. The van der Waals surface area contributed by atoms with Crippen LogP contribution in [0.5, 0.6) is 5.75 Å². The van der Waals surface area contributed by atoms with Crippen molar-refractivity contribution < 1.29 is 17.9 Å². The predicted octanol–water partition coefficient (Wildman–Crippen LogP) is 4.95. The van der Waals surface area contributed by atoms with E-state index in [1.807, 2.05) is 38.3 Å². The van der Waals surface area contributed by atoms with Gasteiger partial charge in [0.25, 0.3) is 10.0 Å². The summed E-state index contributed by atoms with van der Waals surface area (Å²) in [6, 6.07) is 20.7. The second kappa shape index (κ2) is 10.6. The van der Waals surface area contributed by atoms with Crippen LogP contribution in [-0.2, 0) is 14.8 Å². The van der Waals surface area contributed by atoms with Gasteiger partial charge < -0.3 is 10.1 Å². The summed E-state index contributed by atoms with van der Waals surface area (Å²) in [5.74, 6) is -0.0588. The largest absolute Gasteiger partial charge is 0.492 e. The third-order valence-corrected chi connectivity index (χ3v) is 7.28. The lowest BCUT2D eigenvalue weighted by atomic mass is 10.2. The number of anilines is 2. The maximum absolute atomic E-state index is 13.6. The maximum Gasteiger partial charge on any atom is 0.264 e. The van der Waals surface area contributed by atoms with Gasteiger partial charge in [0, 0.05) is 4.90 Å². The van der Waals surface area contributed by atoms with Crippen molar-refractivity contribution in [2.75, 3.05) is 29.0 Å². The lowest BCUT2D eigenvalue weighted by Crippen LogP contribution is -2.38. The number of nitrogens with one attached hydrogen (secondary N) is 1. The highest BCUT2D eigenvalue weighted by molar-refractivity contribution is 7.98. The summed E-state index contributed by atoms with van der Waals surface area (Å²) in [6.45, 7) is 3.67. The fraction of sp³-hybridized carbons (Fsp3) is 0.208. The summed E-state index contributed by atoms with van der Waals surface area (Å²) >= 11 is 1.50. The van der Waals surface area contributed by atoms with E-state index >= 15 is 0 Å². The topological polar surface area (TPSA) is 75.7 Å². The monoisotopic (exact) mass is 470 g/mol. The van der Waals surface area contributed by atoms with Gasteiger partial charge in [0.05, 0.1) is 22.9 Å². The van der Waals surface area contributed by atoms with E-state index in [1.54, 1.807) is 54.6 Å². The average Bonchev–Trinajstić information content (AvgIpc) is 2.79. The van der Waals surface area contributed by atoms with Gasteiger partial charge >= 0.3 is 0 Å². The van der Waals surface area contributed by atoms with Crippen LogP contribution in [0, 0.1) is 6.92 Å². The first-order valence-corrected chi connectivity index (χ1v) is 12.8. The molecule has 3 aromatic rings. The van der Waals surface area contributed by atoms with E-state index in [1.165, 1.54) is 11.8 Å². The number of hydrogen-bond donors (Lipinski definition) is 1. The Balaban J connectivity index is 2.01. The Bertz CT molecular complexity index is 1180. The first-order chi connectivity index (χ1) is 15.4. The molecule has 0 unspecified atom stereocenters. The fourth-order valence-corrected chi connectivity index (χ4v) is 5.13. The molecule has 168 valence electrons. The average molecular weight is 471 g/mol. The Kier molecular flexibility index (Phi) is 7.82. The van der Waals surface area contributed by atoms with Gasteiger partial charge in [-0.15, -0.1) is 11.8 Å². The molecule has 8 heteroatoms. The normalized spacial score (nSPS) is 11.1. The van der Waals surface area contributed by atoms with Gasteiger partial charge in [0.15, 0.2) is 0 Å². The molecule has 0 radical (unpaired) electrons. The van der Waals surface area contributed by atoms with Gasteiger partial charge in [-0.05, 0) is 56.5 Å². The van der Waals surface area contributed by atoms with Crippen LogP contribution >= 0.6 is 11.8 Å². The number of para-hydroxylation sites is 3. The zero-order valence-corrected chi connectivity index (χ0v) is 19.9. The number of carbonyl (C=O) groups is 1. The fourth-order valence-electron chi connectivity index (χ4n) is 3.15. The number of thioether (sulfide) groups is 1. The molecular weight excluding hydrogens is 444 g/mol. The summed E-state index contributed by atoms with van der Waals surface area (Å²) in [4.78, 5) is 14.0. The molecule has 0 saturated heterocycles. The smallest absolute Gasteiger partial charge is 0.264 e. The summed E-state index contributed by atoms with van der Waals surface area (Å²) in [5.41, 5.74) is 1.88. The molecule has 0 atom stereocenters. The SMILES string of the molecule is CCOc1ccccc1N(CC(=O)Nc1ccccc1SC)S(=O)(=O)c1ccc(C)cc1. The van der Waals surface area contributed by atoms with Crippen LogP contribution in [0.25, 0.3) is 0 Å². The quantitative estimate of drug-likeness (QED) is 0.448. The van der Waals surface area contributed by atoms with Gasteiger partial charge in [0.2, 0.25) is 5.91 Å². The standard InChI is InChI=1S/C24H26N2O4S2/c1-4-30-22-11-7-6-10-21(22)26(32(28,29)19-15-13-18(2)14-16-19)17-24(27)25-20-9-5-8-12-23(20)31-3/h5-16H,4,17H2,1-3H3,(H,25,27). The number of rotatable bonds is 9. The molecule has 0 bridgehead atoms. The molecule has 0 aliphatic carbocycles. The number of aryl methyl sites for hydroxylation is 1. The molecule has 0 aromatic heterocycles. The Labute approximate surface area is 193 Å². The van der Waals surface area contributed by atoms with Crippen molar-refractivity contribution in [1.82, 2.24) is 0 Å². The molecule has 3 aromatic carbocycles. The molecule has 0 aliphatic heterocycles. The van der Waals surface area contributed by atoms with Crippen LogP contribution in [0.15, 0.2) is 82.6 Å². The Morgan fingerprint density at radius 3 is 2.34 bits per heavy atom. The van der Waals surface area contributed by atoms with Crippen molar-refractivity contribution in [1.29, 1.82) is 0 Å². The first-order valence-electron chi connectivity index (χ1n) is 10.1. The zero-order valence-electron chi connectivity index (χ0n) is 18.2. The minimum atomic E-state index is -4.03. The Morgan fingerprint density at radius 1 is 1.00 bits per heavy atom. The maximum atomic E-state index is 13.6. The highest BCUT2D eigenvalue weighted by Crippen LogP contribution is 2.33. The highest BCUT2D eigenvalue weighted by Gasteiger charge is 2.29. The highest BCUT2D eigenvalue weighted by atomic mass is 32.2. The van der Waals surface area contributed by atoms with E-state index in [-0.39, 0.29) is 4.90 Å². The lowest BCUT2D eigenvalue weighted by Gasteiger charge is -2.26. The Hall–Kier alpha value is -2.97. The summed E-state index contributed by atoms with van der Waals surface area (Å²) in [6.07, 6.45) is 1.91. The van der Waals surface area contributed by atoms with E-state index in [0.29, 0.717) is 23.7 Å². The molecule has 1 amide bonds. The minimum absolute atomic E-state index is 0.103. The van der Waals surface area contributed by atoms with Crippen molar-refractivity contribution in [3.8, 4) is 5.75 Å². The van der Waals surface area contributed by atoms with Crippen LogP contribution in [0.2, 0.25) is 0 Å². The van der Waals surface area contributed by atoms with Crippen molar-refractivity contribution in [3.63, 3.8) is 0 Å². The molecule has 0 spiro atoms. The third kappa shape index (κ3) is 5.44. The van der Waals surface area contributed by atoms with Gasteiger partial charge in [-0.1, -0.05) is 42.0 Å². The molecule has 0 aliphatic rings. The number of sulfonamides is 1. The second-order valence-corrected chi connectivity index (χ2v) is 9.68. The van der Waals surface area contributed by atoms with E-state index in [0.717, 1.165) is 14.8 Å². The molecule has 0 saturated carbocycles. The first kappa shape index (κ1) is 23.7. The van der Waals surface area contributed by atoms with Gasteiger partial charge in [-0.2, -0.15) is 0 Å². The molecule has 32 heavy (non-hydrogen) atoms. The van der Waals surface area contributed by atoms with E-state index < -0.39 is 22.5 Å². The number of nitrogens with zero attached hydrogens (tertiary/aromatic N) is 1. The molecule has 0 heterocycles. The van der Waals surface area contributed by atoms with Crippen LogP contribution < -0.4 is 14.4 Å². The number of hydrogen-bond acceptors (Lipinski definition) is 5. The van der Waals surface area contributed by atoms with Crippen molar-refractivity contribution in [2.45, 2.75) is 23.6 Å². The van der Waals surface area contributed by atoms with Gasteiger partial charge in [-0.3, -0.25) is 9.10 Å². The van der Waals surface area contributed by atoms with Crippen molar-refractivity contribution >= 4 is 39.1 Å². The van der Waals surface area contributed by atoms with Gasteiger partial charge in [0.1, 0.15) is 12.3 Å². The molecule has 1 N–H and O–H groups in total. The number of benzene rings is 3. The van der Waals surface area contributed by atoms with Crippen molar-refractivity contribution in [2.24, 2.45) is 0 Å². The van der Waals surface area contributed by atoms with E-state index in [9.17, 15) is 13.2 Å². The molecule has 0 fully saturated rings. The van der Waals surface area contributed by atoms with Crippen LogP contribution in [0.4, 0.5) is 11.4 Å². The van der Waals surface area contributed by atoms with Gasteiger partial charge in [-0.25, -0.2) is 8.42 Å². The molecule has 3 rings (SSSR count). The zero-order chi connectivity index (χ0) is 23.1. The lowest BCUT2D eigenvalue weighted by molar-refractivity contribution is -0.114. The minimum Gasteiger partial charge on any atom is -0.492 e. The van der Waals surface area contributed by atoms with E-state index in [2.05, 4.69) is 5.32 Å². The van der Waals surface area contributed by atoms with E-state index in [4.69, 9.17) is 4.74 Å². The Morgan fingerprint density at radius 2 is 1.66 bits per heavy atom. The van der Waals surface area contributed by atoms with Crippen molar-refractivity contribution in [3.05, 3.63) is 78.4 Å². The van der Waals surface area contributed by atoms with Crippen LogP contribution in [0.1, 0.15) is 12.5 Å². The summed E-state index contributed by atoms with van der Waals surface area (Å²) in [7, 11) is -4.03. The third-order valence-electron chi connectivity index (χ3n) is 4.71. The predicted molar refractivity (Wildman–Crippen MR) is 130 cm³/mol. The number of carbonyl (C=O) groups excluding carboxylic acids is 1. The molecular formula is C24H26N2O4S2. The second-order valence-electron chi connectivity index (χ2n) is 6.97. The molecule has 6 nitrogen and oxygen atoms in total. The van der Waals surface area contributed by atoms with Crippen LogP contribution in [0.3, 0.4) is 0 Å².